The Hall–Kier alpha value is -3.48. The van der Waals surface area contributed by atoms with Crippen LogP contribution in [0.1, 0.15) is 5.56 Å². The maximum absolute atomic E-state index is 9.84. The second-order valence-electron chi connectivity index (χ2n) is 8.77. The Labute approximate surface area is 230 Å². The van der Waals surface area contributed by atoms with Crippen LogP contribution >= 0.6 is 23.2 Å². The van der Waals surface area contributed by atoms with Gasteiger partial charge in [-0.2, -0.15) is 5.26 Å². The van der Waals surface area contributed by atoms with E-state index in [9.17, 15) is 5.26 Å². The van der Waals surface area contributed by atoms with Crippen LogP contribution in [-0.4, -0.2) is 63.6 Å². The van der Waals surface area contributed by atoms with Crippen molar-refractivity contribution in [3.8, 4) is 23.3 Å². The number of nitrogens with zero attached hydrogens (tertiary/aromatic N) is 3. The van der Waals surface area contributed by atoms with Gasteiger partial charge in [-0.1, -0.05) is 23.2 Å². The number of hydrogen-bond donors (Lipinski definition) is 1. The smallest absolute Gasteiger partial charge is 0.161 e. The van der Waals surface area contributed by atoms with E-state index in [4.69, 9.17) is 42.1 Å². The number of hydrogen-bond acceptors (Lipinski definition) is 8. The third-order valence-electron chi connectivity index (χ3n) is 6.50. The first kappa shape index (κ1) is 26.1. The quantitative estimate of drug-likeness (QED) is 0.265. The Morgan fingerprint density at radius 2 is 1.71 bits per heavy atom. The number of anilines is 2. The lowest BCUT2D eigenvalue weighted by molar-refractivity contribution is 0.0321. The summed E-state index contributed by atoms with van der Waals surface area (Å²) in [4.78, 5) is 6.84. The van der Waals surface area contributed by atoms with E-state index in [2.05, 4.69) is 21.3 Å². The molecule has 10 heteroatoms. The van der Waals surface area contributed by atoms with Gasteiger partial charge < -0.3 is 24.3 Å². The van der Waals surface area contributed by atoms with E-state index < -0.39 is 0 Å². The second-order valence-corrected chi connectivity index (χ2v) is 9.59. The minimum absolute atomic E-state index is 0.373. The van der Waals surface area contributed by atoms with E-state index in [0.29, 0.717) is 56.4 Å². The van der Waals surface area contributed by atoms with Crippen LogP contribution in [0.15, 0.2) is 42.6 Å². The molecular formula is C28H26Cl2N4O4. The van der Waals surface area contributed by atoms with Gasteiger partial charge in [0.15, 0.2) is 11.5 Å². The van der Waals surface area contributed by atoms with Crippen LogP contribution in [0.2, 0.25) is 10.0 Å². The summed E-state index contributed by atoms with van der Waals surface area (Å²) in [5.74, 6) is 1.76. The predicted molar refractivity (Wildman–Crippen MR) is 150 cm³/mol. The molecule has 0 radical (unpaired) electrons. The van der Waals surface area contributed by atoms with Gasteiger partial charge in [-0.3, -0.25) is 9.88 Å². The van der Waals surface area contributed by atoms with Gasteiger partial charge in [-0.15, -0.1) is 0 Å². The zero-order chi connectivity index (χ0) is 26.6. The fourth-order valence-corrected chi connectivity index (χ4v) is 4.97. The van der Waals surface area contributed by atoms with E-state index in [0.717, 1.165) is 49.0 Å². The van der Waals surface area contributed by atoms with Crippen LogP contribution in [0, 0.1) is 11.3 Å². The highest BCUT2D eigenvalue weighted by molar-refractivity contribution is 6.37. The van der Waals surface area contributed by atoms with Crippen molar-refractivity contribution in [2.75, 3.05) is 59.0 Å². The first-order chi connectivity index (χ1) is 18.5. The van der Waals surface area contributed by atoms with Crippen LogP contribution < -0.4 is 19.5 Å². The van der Waals surface area contributed by atoms with Gasteiger partial charge in [0.25, 0.3) is 0 Å². The number of morpholine rings is 1. The van der Waals surface area contributed by atoms with E-state index in [1.807, 2.05) is 24.3 Å². The van der Waals surface area contributed by atoms with Crippen molar-refractivity contribution >= 4 is 56.3 Å². The molecule has 0 saturated carbocycles. The molecule has 1 fully saturated rings. The Kier molecular flexibility index (Phi) is 7.91. The fourth-order valence-electron chi connectivity index (χ4n) is 4.46. The van der Waals surface area contributed by atoms with Gasteiger partial charge in [0.2, 0.25) is 0 Å². The number of halogens is 2. The van der Waals surface area contributed by atoms with E-state index >= 15 is 0 Å². The molecule has 0 atom stereocenters. The lowest BCUT2D eigenvalue weighted by Gasteiger charge is -2.26. The zero-order valence-corrected chi connectivity index (χ0v) is 22.5. The molecular weight excluding hydrogens is 527 g/mol. The van der Waals surface area contributed by atoms with Crippen molar-refractivity contribution < 1.29 is 18.9 Å². The third-order valence-corrected chi connectivity index (χ3v) is 7.11. The molecule has 1 saturated heterocycles. The number of rotatable bonds is 8. The highest BCUT2D eigenvalue weighted by Crippen LogP contribution is 2.40. The van der Waals surface area contributed by atoms with Crippen molar-refractivity contribution in [3.63, 3.8) is 0 Å². The maximum Gasteiger partial charge on any atom is 0.161 e. The van der Waals surface area contributed by atoms with Crippen molar-refractivity contribution in [2.45, 2.75) is 0 Å². The number of methoxy groups -OCH3 is 2. The molecule has 2 heterocycles. The number of benzene rings is 3. The van der Waals surface area contributed by atoms with Crippen molar-refractivity contribution in [3.05, 3.63) is 58.2 Å². The van der Waals surface area contributed by atoms with Crippen LogP contribution in [0.3, 0.4) is 0 Å². The standard InChI is InChI=1S/C28H26Cl2N4O4/c1-35-25-14-24(21(29)13-22(25)30)33-28-19(15-31)16-32-23-10-18-11-26(36-2)27(12-17(18)9-20(23)28)38-8-5-34-3-6-37-7-4-34/h9-14,16H,3-8H2,1-2H3,(H,32,33). The van der Waals surface area contributed by atoms with Gasteiger partial charge in [0, 0.05) is 37.3 Å². The van der Waals surface area contributed by atoms with Crippen LogP contribution in [0.25, 0.3) is 21.7 Å². The Morgan fingerprint density at radius 3 is 2.45 bits per heavy atom. The summed E-state index contributed by atoms with van der Waals surface area (Å²) in [5, 5.41) is 16.5. The monoisotopic (exact) mass is 552 g/mol. The van der Waals surface area contributed by atoms with E-state index in [1.54, 1.807) is 19.2 Å². The van der Waals surface area contributed by atoms with Gasteiger partial charge in [0.05, 0.1) is 59.9 Å². The molecule has 1 N–H and O–H groups in total. The van der Waals surface area contributed by atoms with Gasteiger partial charge in [-0.25, -0.2) is 0 Å². The number of fused-ring (bicyclic) bond motifs is 2. The highest BCUT2D eigenvalue weighted by Gasteiger charge is 2.16. The number of pyridine rings is 1. The molecule has 1 aromatic heterocycles. The second kappa shape index (κ2) is 11.5. The topological polar surface area (TPSA) is 88.9 Å². The highest BCUT2D eigenvalue weighted by atomic mass is 35.5. The predicted octanol–water partition coefficient (Wildman–Crippen LogP) is 6.04. The minimum Gasteiger partial charge on any atom is -0.495 e. The van der Waals surface area contributed by atoms with E-state index in [-0.39, 0.29) is 0 Å². The molecule has 0 aliphatic carbocycles. The SMILES string of the molecule is COc1cc(Nc2c(C#N)cnc3cc4cc(OC)c(OCCN5CCOCC5)cc4cc23)c(Cl)cc1Cl. The molecule has 8 nitrogen and oxygen atoms in total. The number of nitriles is 1. The van der Waals surface area contributed by atoms with Crippen molar-refractivity contribution in [2.24, 2.45) is 0 Å². The zero-order valence-electron chi connectivity index (χ0n) is 21.0. The molecule has 0 spiro atoms. The molecule has 0 amide bonds. The molecule has 4 aromatic rings. The summed E-state index contributed by atoms with van der Waals surface area (Å²) in [5.41, 5.74) is 2.21. The summed E-state index contributed by atoms with van der Waals surface area (Å²) in [7, 11) is 3.16. The molecule has 0 bridgehead atoms. The number of nitrogens with one attached hydrogen (secondary N) is 1. The first-order valence-electron chi connectivity index (χ1n) is 12.1. The van der Waals surface area contributed by atoms with Crippen LogP contribution in [-0.2, 0) is 4.74 Å². The fraction of sp³-hybridized carbons (Fsp3) is 0.286. The largest absolute Gasteiger partial charge is 0.495 e. The molecule has 5 rings (SSSR count). The minimum atomic E-state index is 0.373. The summed E-state index contributed by atoms with van der Waals surface area (Å²) >= 11 is 12.7. The lowest BCUT2D eigenvalue weighted by Crippen LogP contribution is -2.38. The summed E-state index contributed by atoms with van der Waals surface area (Å²) in [6.07, 6.45) is 1.54. The normalized spacial score (nSPS) is 13.9. The Morgan fingerprint density at radius 1 is 0.974 bits per heavy atom. The summed E-state index contributed by atoms with van der Waals surface area (Å²) in [6, 6.07) is 13.3. The Bertz CT molecular complexity index is 1530. The number of ether oxygens (including phenoxy) is 4. The van der Waals surface area contributed by atoms with Gasteiger partial charge >= 0.3 is 0 Å². The van der Waals surface area contributed by atoms with Crippen molar-refractivity contribution in [1.29, 1.82) is 5.26 Å². The Balaban J connectivity index is 1.53. The molecule has 3 aromatic carbocycles. The summed E-state index contributed by atoms with van der Waals surface area (Å²) in [6.45, 7) is 4.62. The van der Waals surface area contributed by atoms with Crippen molar-refractivity contribution in [1.82, 2.24) is 9.88 Å². The van der Waals surface area contributed by atoms with E-state index in [1.165, 1.54) is 13.3 Å². The molecule has 1 aliphatic heterocycles. The van der Waals surface area contributed by atoms with Gasteiger partial charge in [-0.05, 0) is 41.1 Å². The third kappa shape index (κ3) is 5.38. The average Bonchev–Trinajstić information content (AvgIpc) is 2.93. The molecule has 1 aliphatic rings. The first-order valence-corrected chi connectivity index (χ1v) is 12.8. The number of aromatic nitrogens is 1. The van der Waals surface area contributed by atoms with Crippen LogP contribution in [0.4, 0.5) is 11.4 Å². The van der Waals surface area contributed by atoms with Crippen LogP contribution in [0.5, 0.6) is 17.2 Å². The van der Waals surface area contributed by atoms with Gasteiger partial charge in [0.1, 0.15) is 18.4 Å². The lowest BCUT2D eigenvalue weighted by atomic mass is 10.0. The molecule has 38 heavy (non-hydrogen) atoms. The molecule has 0 unspecified atom stereocenters. The average molecular weight is 553 g/mol. The molecule has 196 valence electrons. The maximum atomic E-state index is 9.84. The summed E-state index contributed by atoms with van der Waals surface area (Å²) < 4.78 is 22.5.